The van der Waals surface area contributed by atoms with Crippen LogP contribution in [0.4, 0.5) is 0 Å². The van der Waals surface area contributed by atoms with Crippen molar-refractivity contribution in [2.45, 2.75) is 76.3 Å². The van der Waals surface area contributed by atoms with E-state index < -0.39 is 18.4 Å². The molecule has 1 heterocycles. The number of likely N-dealkylation sites (N-methyl/N-ethyl adjacent to an activating group) is 1. The van der Waals surface area contributed by atoms with Gasteiger partial charge in [-0.1, -0.05) is 67.1 Å². The molecule has 3 aromatic rings. The van der Waals surface area contributed by atoms with Gasteiger partial charge in [0.2, 0.25) is 5.91 Å². The van der Waals surface area contributed by atoms with Gasteiger partial charge in [0.05, 0.1) is 24.9 Å². The summed E-state index contributed by atoms with van der Waals surface area (Å²) in [5, 5.41) is 41.7. The lowest BCUT2D eigenvalue weighted by Gasteiger charge is -2.38. The van der Waals surface area contributed by atoms with Gasteiger partial charge in [-0.2, -0.15) is 0 Å². The van der Waals surface area contributed by atoms with Crippen molar-refractivity contribution in [2.75, 3.05) is 20.1 Å². The summed E-state index contributed by atoms with van der Waals surface area (Å²) < 4.78 is 12.9. The zero-order chi connectivity index (χ0) is 32.2. The fourth-order valence-electron chi connectivity index (χ4n) is 5.41. The van der Waals surface area contributed by atoms with E-state index in [-0.39, 0.29) is 36.9 Å². The fraction of sp³-hybridized carbons (Fsp3) is 0.429. The molecule has 0 aromatic heterocycles. The first kappa shape index (κ1) is 34.1. The molecule has 10 nitrogen and oxygen atoms in total. The molecule has 10 heteroatoms. The highest BCUT2D eigenvalue weighted by atomic mass is 16.7. The summed E-state index contributed by atoms with van der Waals surface area (Å²) >= 11 is 0. The van der Waals surface area contributed by atoms with Crippen molar-refractivity contribution in [3.63, 3.8) is 0 Å². The monoisotopic (exact) mass is 620 g/mol. The van der Waals surface area contributed by atoms with E-state index in [0.29, 0.717) is 57.3 Å². The van der Waals surface area contributed by atoms with Crippen molar-refractivity contribution >= 4 is 11.9 Å². The molecule has 3 aromatic carbocycles. The van der Waals surface area contributed by atoms with Crippen molar-refractivity contribution < 1.29 is 39.5 Å². The number of phenols is 1. The van der Waals surface area contributed by atoms with E-state index in [0.717, 1.165) is 22.3 Å². The minimum Gasteiger partial charge on any atom is -0.508 e. The van der Waals surface area contributed by atoms with Gasteiger partial charge in [0, 0.05) is 44.5 Å². The summed E-state index contributed by atoms with van der Waals surface area (Å²) in [5.41, 5.74) is 4.21. The highest BCUT2D eigenvalue weighted by Gasteiger charge is 2.33. The first-order chi connectivity index (χ1) is 21.7. The number of aliphatic carboxylic acids is 1. The lowest BCUT2D eigenvalue weighted by molar-refractivity contribution is -0.252. The molecule has 1 aliphatic heterocycles. The van der Waals surface area contributed by atoms with Crippen molar-refractivity contribution in [2.24, 2.45) is 0 Å². The summed E-state index contributed by atoms with van der Waals surface area (Å²) in [6, 6.07) is 22.0. The lowest BCUT2D eigenvalue weighted by Crippen LogP contribution is -2.39. The van der Waals surface area contributed by atoms with Crippen LogP contribution in [-0.4, -0.2) is 63.4 Å². The third-order valence-electron chi connectivity index (χ3n) is 7.91. The predicted molar refractivity (Wildman–Crippen MR) is 168 cm³/mol. The van der Waals surface area contributed by atoms with E-state index in [2.05, 4.69) is 5.32 Å². The molecular weight excluding hydrogens is 576 g/mol. The molecule has 5 N–H and O–H groups in total. The molecule has 242 valence electrons. The Morgan fingerprint density at radius 3 is 2.31 bits per heavy atom. The molecule has 0 aliphatic carbocycles. The molecule has 1 fully saturated rings. The number of amides is 1. The number of rotatable bonds is 16. The van der Waals surface area contributed by atoms with Crippen LogP contribution in [0.5, 0.6) is 5.75 Å². The average Bonchev–Trinajstić information content (AvgIpc) is 3.03. The van der Waals surface area contributed by atoms with Crippen LogP contribution in [0.1, 0.15) is 84.8 Å². The van der Waals surface area contributed by atoms with Gasteiger partial charge in [0.1, 0.15) is 5.75 Å². The lowest BCUT2D eigenvalue weighted by atomic mass is 9.99. The second-order valence-electron chi connectivity index (χ2n) is 11.7. The quantitative estimate of drug-likeness (QED) is 0.143. The molecule has 0 spiro atoms. The van der Waals surface area contributed by atoms with Crippen molar-refractivity contribution in [1.82, 2.24) is 10.2 Å². The van der Waals surface area contributed by atoms with Crippen molar-refractivity contribution in [1.29, 1.82) is 0 Å². The number of hydrogen-bond acceptors (Lipinski definition) is 8. The van der Waals surface area contributed by atoms with Crippen molar-refractivity contribution in [3.05, 3.63) is 101 Å². The van der Waals surface area contributed by atoms with Crippen LogP contribution in [-0.2, 0) is 32.2 Å². The van der Waals surface area contributed by atoms with Crippen LogP contribution in [0.25, 0.3) is 0 Å². The number of unbranched alkanes of at least 4 members (excludes halogenated alkanes) is 2. The van der Waals surface area contributed by atoms with Gasteiger partial charge in [-0.25, -0.2) is 0 Å². The minimum absolute atomic E-state index is 0.0356. The number of carbonyl (C=O) groups is 2. The molecule has 0 bridgehead atoms. The molecular formula is C35H44N2O8. The highest BCUT2D eigenvalue weighted by molar-refractivity contribution is 5.75. The largest absolute Gasteiger partial charge is 0.508 e. The molecule has 1 aliphatic rings. The summed E-state index contributed by atoms with van der Waals surface area (Å²) in [6.07, 6.45) is 1.16. The fourth-order valence-corrected chi connectivity index (χ4v) is 5.41. The number of benzene rings is 3. The molecule has 4 atom stereocenters. The van der Waals surface area contributed by atoms with E-state index in [1.165, 1.54) is 0 Å². The van der Waals surface area contributed by atoms with E-state index in [1.807, 2.05) is 60.5 Å². The Labute approximate surface area is 264 Å². The maximum absolute atomic E-state index is 12.2. The second kappa shape index (κ2) is 17.0. The van der Waals surface area contributed by atoms with Crippen molar-refractivity contribution in [3.8, 4) is 5.75 Å². The molecule has 4 rings (SSSR count). The zero-order valence-electron chi connectivity index (χ0n) is 25.7. The number of hydrogen-bond donors (Lipinski definition) is 5. The van der Waals surface area contributed by atoms with Crippen LogP contribution in [0.15, 0.2) is 72.8 Å². The Kier molecular flexibility index (Phi) is 12.9. The number of aliphatic hydroxyl groups excluding tert-OH is 2. The second-order valence-corrected chi connectivity index (χ2v) is 11.7. The Morgan fingerprint density at radius 1 is 0.933 bits per heavy atom. The maximum Gasteiger partial charge on any atom is 0.303 e. The highest BCUT2D eigenvalue weighted by Crippen LogP contribution is 2.38. The molecule has 1 amide bonds. The Balaban J connectivity index is 1.37. The van der Waals surface area contributed by atoms with Gasteiger partial charge < -0.3 is 40.1 Å². The average molecular weight is 621 g/mol. The predicted octanol–water partition coefficient (Wildman–Crippen LogP) is 4.75. The molecule has 0 radical (unpaired) electrons. The number of carboxylic acid groups (broad SMARTS) is 1. The third-order valence-corrected chi connectivity index (χ3v) is 7.91. The number of aliphatic hydroxyl groups is 2. The summed E-state index contributed by atoms with van der Waals surface area (Å²) in [4.78, 5) is 24.8. The van der Waals surface area contributed by atoms with Gasteiger partial charge in [-0.05, 0) is 54.3 Å². The first-order valence-electron chi connectivity index (χ1n) is 15.4. The van der Waals surface area contributed by atoms with E-state index >= 15 is 0 Å². The van der Waals surface area contributed by atoms with Gasteiger partial charge in [-0.15, -0.1) is 0 Å². The number of carboxylic acids is 1. The van der Waals surface area contributed by atoms with Crippen LogP contribution in [0.2, 0.25) is 0 Å². The zero-order valence-corrected chi connectivity index (χ0v) is 25.7. The van der Waals surface area contributed by atoms with Gasteiger partial charge >= 0.3 is 5.97 Å². The van der Waals surface area contributed by atoms with Gasteiger partial charge in [-0.3, -0.25) is 9.59 Å². The number of carbonyl (C=O) groups excluding carboxylic acids is 1. The van der Waals surface area contributed by atoms with E-state index in [9.17, 15) is 24.9 Å². The number of nitrogens with one attached hydrogen (secondary N) is 1. The van der Waals surface area contributed by atoms with E-state index in [4.69, 9.17) is 14.6 Å². The Morgan fingerprint density at radius 2 is 1.62 bits per heavy atom. The van der Waals surface area contributed by atoms with Crippen LogP contribution >= 0.6 is 0 Å². The molecule has 4 unspecified atom stereocenters. The third kappa shape index (κ3) is 10.9. The minimum atomic E-state index is -0.816. The number of nitrogens with zero attached hydrogens (tertiary/aromatic N) is 1. The number of ether oxygens (including phenoxy) is 2. The van der Waals surface area contributed by atoms with E-state index in [1.54, 1.807) is 24.3 Å². The standard InChI is InChI=1S/C35H44N2O8/c1-37(22-31(40)28-6-5-7-29(39)18-28)21-30-19-32(26-14-12-25(23-38)13-15-26)45-35(44-30)27-16-10-24(11-17-27)20-36-33(41)8-3-2-4-9-34(42)43/h5-7,10-18,30-32,35,38-40H,2-4,8-9,19-23H2,1H3,(H,36,41)(H,42,43). The van der Waals surface area contributed by atoms with Crippen LogP contribution in [0.3, 0.4) is 0 Å². The smallest absolute Gasteiger partial charge is 0.303 e. The molecule has 1 saturated heterocycles. The van der Waals surface area contributed by atoms with Crippen LogP contribution < -0.4 is 5.32 Å². The molecule has 0 saturated carbocycles. The van der Waals surface area contributed by atoms with Gasteiger partial charge in [0.25, 0.3) is 0 Å². The Bertz CT molecular complexity index is 1360. The number of phenolic OH excluding ortho intramolecular Hbond substituents is 1. The summed E-state index contributed by atoms with van der Waals surface area (Å²) in [7, 11) is 1.92. The molecule has 45 heavy (non-hydrogen) atoms. The normalized spacial score (nSPS) is 18.9. The van der Waals surface area contributed by atoms with Gasteiger partial charge in [0.15, 0.2) is 6.29 Å². The first-order valence-corrected chi connectivity index (χ1v) is 15.4. The number of aromatic hydroxyl groups is 1. The Hall–Kier alpha value is -3.80. The maximum atomic E-state index is 12.2. The van der Waals surface area contributed by atoms with Crippen LogP contribution in [0, 0.1) is 0 Å². The summed E-state index contributed by atoms with van der Waals surface area (Å²) in [5.74, 6) is -0.772. The summed E-state index contributed by atoms with van der Waals surface area (Å²) in [6.45, 7) is 1.25. The topological polar surface area (TPSA) is 149 Å². The SMILES string of the molecule is CN(CC1CC(c2ccc(CO)cc2)OC(c2ccc(CNC(=O)CCCCCC(=O)O)cc2)O1)CC(O)c1cccc(O)c1.